The molecule has 1 saturated heterocycles. The first-order valence-electron chi connectivity index (χ1n) is 6.61. The van der Waals surface area contributed by atoms with Crippen molar-refractivity contribution in [3.63, 3.8) is 0 Å². The topological polar surface area (TPSA) is 50.2 Å². The number of rotatable bonds is 4. The molecule has 1 aromatic heterocycles. The predicted octanol–water partition coefficient (Wildman–Crippen LogP) is 0.563. The molecule has 0 bridgehead atoms. The van der Waals surface area contributed by atoms with Crippen LogP contribution in [0.15, 0.2) is 12.4 Å². The second-order valence-electron chi connectivity index (χ2n) is 4.97. The minimum absolute atomic E-state index is 0.272. The molecule has 0 aromatic carbocycles. The Labute approximate surface area is 108 Å². The summed E-state index contributed by atoms with van der Waals surface area (Å²) < 4.78 is 1.78. The zero-order chi connectivity index (χ0) is 13.0. The van der Waals surface area contributed by atoms with Crippen molar-refractivity contribution in [3.05, 3.63) is 18.0 Å². The quantitative estimate of drug-likeness (QED) is 0.849. The number of amides is 1. The molecule has 0 atom stereocenters. The number of aryl methyl sites for hydroxylation is 2. The van der Waals surface area contributed by atoms with Gasteiger partial charge in [-0.1, -0.05) is 0 Å². The summed E-state index contributed by atoms with van der Waals surface area (Å²) in [7, 11) is 3.89. The smallest absolute Gasteiger partial charge is 0.222 e. The zero-order valence-electron chi connectivity index (χ0n) is 11.2. The highest BCUT2D eigenvalue weighted by atomic mass is 16.2. The number of carbonyl (C=O) groups is 1. The Bertz CT molecular complexity index is 393. The summed E-state index contributed by atoms with van der Waals surface area (Å²) in [5.41, 5.74) is 1.14. The van der Waals surface area contributed by atoms with Crippen LogP contribution in [0.4, 0.5) is 0 Å². The first kappa shape index (κ1) is 13.1. The van der Waals surface area contributed by atoms with Gasteiger partial charge >= 0.3 is 0 Å². The van der Waals surface area contributed by atoms with Gasteiger partial charge in [-0.25, -0.2) is 0 Å². The Kier molecular flexibility index (Phi) is 4.36. The van der Waals surface area contributed by atoms with Crippen molar-refractivity contribution >= 4 is 5.91 Å². The molecule has 5 heteroatoms. The average molecular weight is 250 g/mol. The molecule has 0 radical (unpaired) electrons. The molecule has 1 aliphatic rings. The van der Waals surface area contributed by atoms with E-state index in [-0.39, 0.29) is 5.91 Å². The summed E-state index contributed by atoms with van der Waals surface area (Å²) in [6.45, 7) is 1.77. The van der Waals surface area contributed by atoms with Gasteiger partial charge in [0.1, 0.15) is 0 Å². The summed E-state index contributed by atoms with van der Waals surface area (Å²) in [6.07, 6.45) is 7.32. The molecular weight excluding hydrogens is 228 g/mol. The number of aromatic nitrogens is 2. The highest BCUT2D eigenvalue weighted by molar-refractivity contribution is 5.76. The molecule has 0 unspecified atom stereocenters. The Morgan fingerprint density at radius 2 is 2.22 bits per heavy atom. The second kappa shape index (κ2) is 6.00. The van der Waals surface area contributed by atoms with Gasteiger partial charge in [0.05, 0.1) is 6.20 Å². The van der Waals surface area contributed by atoms with Crippen LogP contribution in [0.2, 0.25) is 0 Å². The van der Waals surface area contributed by atoms with Crippen molar-refractivity contribution in [2.24, 2.45) is 7.05 Å². The third-order valence-corrected chi connectivity index (χ3v) is 3.64. The molecule has 2 rings (SSSR count). The van der Waals surface area contributed by atoms with Gasteiger partial charge in [0.2, 0.25) is 5.91 Å². The molecule has 1 fully saturated rings. The number of piperidine rings is 1. The van der Waals surface area contributed by atoms with E-state index in [9.17, 15) is 4.79 Å². The molecule has 1 aromatic rings. The van der Waals surface area contributed by atoms with Crippen molar-refractivity contribution in [2.45, 2.75) is 31.7 Å². The van der Waals surface area contributed by atoms with Crippen LogP contribution in [0.5, 0.6) is 0 Å². The van der Waals surface area contributed by atoms with E-state index in [0.717, 1.165) is 37.9 Å². The maximum absolute atomic E-state index is 12.1. The molecule has 0 spiro atoms. The van der Waals surface area contributed by atoms with Crippen molar-refractivity contribution < 1.29 is 4.79 Å². The Morgan fingerprint density at radius 1 is 1.50 bits per heavy atom. The van der Waals surface area contributed by atoms with Crippen LogP contribution in [0.25, 0.3) is 0 Å². The molecule has 18 heavy (non-hydrogen) atoms. The van der Waals surface area contributed by atoms with Crippen molar-refractivity contribution in [3.8, 4) is 0 Å². The van der Waals surface area contributed by atoms with Crippen LogP contribution in [-0.4, -0.2) is 46.8 Å². The van der Waals surface area contributed by atoms with Gasteiger partial charge in [-0.15, -0.1) is 0 Å². The molecule has 5 nitrogen and oxygen atoms in total. The van der Waals surface area contributed by atoms with Crippen LogP contribution in [0.3, 0.4) is 0 Å². The standard InChI is InChI=1S/C13H22N4O/c1-14-12-5-7-17(8-6-12)13(18)4-3-11-9-15-16(2)10-11/h9-10,12,14H,3-8H2,1-2H3. The molecule has 0 aliphatic carbocycles. The second-order valence-corrected chi connectivity index (χ2v) is 4.97. The lowest BCUT2D eigenvalue weighted by Crippen LogP contribution is -2.44. The number of hydrogen-bond donors (Lipinski definition) is 1. The van der Waals surface area contributed by atoms with Crippen LogP contribution < -0.4 is 5.32 Å². The van der Waals surface area contributed by atoms with Gasteiger partial charge in [0.25, 0.3) is 0 Å². The van der Waals surface area contributed by atoms with Crippen LogP contribution in [0, 0.1) is 0 Å². The fraction of sp³-hybridized carbons (Fsp3) is 0.692. The number of hydrogen-bond acceptors (Lipinski definition) is 3. The van der Waals surface area contributed by atoms with E-state index in [1.54, 1.807) is 4.68 Å². The average Bonchev–Trinajstić information content (AvgIpc) is 2.82. The Hall–Kier alpha value is -1.36. The third-order valence-electron chi connectivity index (χ3n) is 3.64. The van der Waals surface area contributed by atoms with Gasteiger partial charge < -0.3 is 10.2 Å². The fourth-order valence-corrected chi connectivity index (χ4v) is 2.43. The first-order valence-corrected chi connectivity index (χ1v) is 6.61. The highest BCUT2D eigenvalue weighted by Gasteiger charge is 2.21. The van der Waals surface area contributed by atoms with Crippen molar-refractivity contribution in [2.75, 3.05) is 20.1 Å². The largest absolute Gasteiger partial charge is 0.343 e. The minimum atomic E-state index is 0.272. The molecule has 1 N–H and O–H groups in total. The number of nitrogens with zero attached hydrogens (tertiary/aromatic N) is 3. The lowest BCUT2D eigenvalue weighted by atomic mass is 10.0. The molecule has 1 amide bonds. The summed E-state index contributed by atoms with van der Waals surface area (Å²) in [5, 5.41) is 7.39. The lowest BCUT2D eigenvalue weighted by Gasteiger charge is -2.31. The molecule has 1 aliphatic heterocycles. The van der Waals surface area contributed by atoms with Crippen LogP contribution >= 0.6 is 0 Å². The van der Waals surface area contributed by atoms with Gasteiger partial charge in [0.15, 0.2) is 0 Å². The van der Waals surface area contributed by atoms with E-state index in [1.807, 2.05) is 31.4 Å². The van der Waals surface area contributed by atoms with Gasteiger partial charge in [-0.2, -0.15) is 5.10 Å². The summed E-state index contributed by atoms with van der Waals surface area (Å²) in [4.78, 5) is 14.0. The molecule has 0 saturated carbocycles. The molecular formula is C13H22N4O. The first-order chi connectivity index (χ1) is 8.69. The fourth-order valence-electron chi connectivity index (χ4n) is 2.43. The summed E-state index contributed by atoms with van der Waals surface area (Å²) in [5.74, 6) is 0.272. The number of carbonyl (C=O) groups excluding carboxylic acids is 1. The molecule has 100 valence electrons. The van der Waals surface area contributed by atoms with Crippen molar-refractivity contribution in [1.29, 1.82) is 0 Å². The zero-order valence-corrected chi connectivity index (χ0v) is 11.2. The monoisotopic (exact) mass is 250 g/mol. The lowest BCUT2D eigenvalue weighted by molar-refractivity contribution is -0.132. The van der Waals surface area contributed by atoms with Crippen molar-refractivity contribution in [1.82, 2.24) is 20.0 Å². The van der Waals surface area contributed by atoms with Gasteiger partial charge in [0, 0.05) is 38.8 Å². The van der Waals surface area contributed by atoms with E-state index in [2.05, 4.69) is 10.4 Å². The Morgan fingerprint density at radius 3 is 2.78 bits per heavy atom. The third kappa shape index (κ3) is 3.32. The normalized spacial score (nSPS) is 17.1. The number of likely N-dealkylation sites (tertiary alicyclic amines) is 1. The Balaban J connectivity index is 1.75. The van der Waals surface area contributed by atoms with Gasteiger partial charge in [-0.3, -0.25) is 9.48 Å². The van der Waals surface area contributed by atoms with E-state index in [4.69, 9.17) is 0 Å². The summed E-state index contributed by atoms with van der Waals surface area (Å²) in [6, 6.07) is 0.576. The number of nitrogens with one attached hydrogen (secondary N) is 1. The maximum atomic E-state index is 12.1. The van der Waals surface area contributed by atoms with Gasteiger partial charge in [-0.05, 0) is 31.9 Å². The predicted molar refractivity (Wildman–Crippen MR) is 70.2 cm³/mol. The van der Waals surface area contributed by atoms with E-state index in [1.165, 1.54) is 0 Å². The van der Waals surface area contributed by atoms with Crippen LogP contribution in [0.1, 0.15) is 24.8 Å². The van der Waals surface area contributed by atoms with E-state index < -0.39 is 0 Å². The molecule has 2 heterocycles. The van der Waals surface area contributed by atoms with E-state index in [0.29, 0.717) is 12.5 Å². The van der Waals surface area contributed by atoms with Crippen LogP contribution in [-0.2, 0) is 18.3 Å². The highest BCUT2D eigenvalue weighted by Crippen LogP contribution is 2.12. The summed E-state index contributed by atoms with van der Waals surface area (Å²) >= 11 is 0. The van der Waals surface area contributed by atoms with E-state index >= 15 is 0 Å². The maximum Gasteiger partial charge on any atom is 0.222 e. The SMILES string of the molecule is CNC1CCN(C(=O)CCc2cnn(C)c2)CC1. The minimum Gasteiger partial charge on any atom is -0.343 e.